The maximum absolute atomic E-state index is 12.3. The molecule has 0 spiro atoms. The first-order chi connectivity index (χ1) is 9.31. The number of hydrogen-bond donors (Lipinski definition) is 1. The average Bonchev–Trinajstić information content (AvgIpc) is 2.37. The molecule has 114 valence electrons. The van der Waals surface area contributed by atoms with Gasteiger partial charge >= 0.3 is 0 Å². The fourth-order valence-electron chi connectivity index (χ4n) is 1.71. The summed E-state index contributed by atoms with van der Waals surface area (Å²) >= 11 is 0. The maximum Gasteiger partial charge on any atom is 0.244 e. The largest absolute Gasteiger partial charge is 0.496 e. The van der Waals surface area contributed by atoms with Crippen LogP contribution in [0.15, 0.2) is 17.0 Å². The van der Waals surface area contributed by atoms with E-state index in [0.717, 1.165) is 5.56 Å². The van der Waals surface area contributed by atoms with Crippen molar-refractivity contribution in [3.63, 3.8) is 0 Å². The van der Waals surface area contributed by atoms with E-state index in [-0.39, 0.29) is 4.90 Å². The van der Waals surface area contributed by atoms with Gasteiger partial charge in [-0.3, -0.25) is 0 Å². The molecule has 20 heavy (non-hydrogen) atoms. The number of ether oxygens (including phenoxy) is 2. The summed E-state index contributed by atoms with van der Waals surface area (Å²) in [6.45, 7) is 2.77. The Hall–Kier alpha value is -1.31. The number of methoxy groups -OCH3 is 2. The second-order valence-electron chi connectivity index (χ2n) is 4.67. The number of likely N-dealkylation sites (N-methyl/N-ethyl adjacent to an activating group) is 1. The highest BCUT2D eigenvalue weighted by molar-refractivity contribution is 7.89. The Balaban J connectivity index is 3.09. The van der Waals surface area contributed by atoms with Gasteiger partial charge in [-0.05, 0) is 32.6 Å². The predicted octanol–water partition coefficient (Wildman–Crippen LogP) is 0.852. The standard InChI is InChI=1S/C13H22N2O4S/c1-10-8-12(19-5)13(9-11(10)18-4)20(16,17)14-6-7-15(2)3/h8-9,14H,6-7H2,1-5H3. The molecule has 0 fully saturated rings. The van der Waals surface area contributed by atoms with Crippen molar-refractivity contribution in [1.29, 1.82) is 0 Å². The first-order valence-electron chi connectivity index (χ1n) is 6.19. The minimum Gasteiger partial charge on any atom is -0.496 e. The molecule has 0 unspecified atom stereocenters. The van der Waals surface area contributed by atoms with Gasteiger partial charge in [0.05, 0.1) is 14.2 Å². The molecule has 7 heteroatoms. The summed E-state index contributed by atoms with van der Waals surface area (Å²) in [5.74, 6) is 0.819. The highest BCUT2D eigenvalue weighted by atomic mass is 32.2. The third kappa shape index (κ3) is 4.09. The molecule has 6 nitrogen and oxygen atoms in total. The topological polar surface area (TPSA) is 67.9 Å². The lowest BCUT2D eigenvalue weighted by Crippen LogP contribution is -2.31. The van der Waals surface area contributed by atoms with Gasteiger partial charge in [0.1, 0.15) is 16.4 Å². The first-order valence-corrected chi connectivity index (χ1v) is 7.67. The molecule has 0 heterocycles. The highest BCUT2D eigenvalue weighted by Gasteiger charge is 2.21. The Morgan fingerprint density at radius 1 is 1.15 bits per heavy atom. The monoisotopic (exact) mass is 302 g/mol. The summed E-state index contributed by atoms with van der Waals surface area (Å²) in [5, 5.41) is 0. The lowest BCUT2D eigenvalue weighted by molar-refractivity contribution is 0.389. The molecule has 1 aromatic carbocycles. The molecular weight excluding hydrogens is 280 g/mol. The van der Waals surface area contributed by atoms with E-state index in [4.69, 9.17) is 9.47 Å². The maximum atomic E-state index is 12.3. The van der Waals surface area contributed by atoms with Crippen molar-refractivity contribution >= 4 is 10.0 Å². The van der Waals surface area contributed by atoms with Crippen molar-refractivity contribution in [2.24, 2.45) is 0 Å². The van der Waals surface area contributed by atoms with Crippen LogP contribution in [0.4, 0.5) is 0 Å². The number of sulfonamides is 1. The Morgan fingerprint density at radius 3 is 2.25 bits per heavy atom. The molecule has 0 aliphatic rings. The number of hydrogen-bond acceptors (Lipinski definition) is 5. The van der Waals surface area contributed by atoms with E-state index in [1.165, 1.54) is 20.3 Å². The van der Waals surface area contributed by atoms with Crippen molar-refractivity contribution in [3.05, 3.63) is 17.7 Å². The number of nitrogens with one attached hydrogen (secondary N) is 1. The van der Waals surface area contributed by atoms with Crippen molar-refractivity contribution in [3.8, 4) is 11.5 Å². The lowest BCUT2D eigenvalue weighted by Gasteiger charge is -2.15. The normalized spacial score (nSPS) is 11.7. The molecule has 0 radical (unpaired) electrons. The number of rotatable bonds is 7. The number of benzene rings is 1. The lowest BCUT2D eigenvalue weighted by atomic mass is 10.2. The summed E-state index contributed by atoms with van der Waals surface area (Å²) in [6.07, 6.45) is 0. The van der Waals surface area contributed by atoms with Crippen LogP contribution in [0.5, 0.6) is 11.5 Å². The summed E-state index contributed by atoms with van der Waals surface area (Å²) in [7, 11) is 3.08. The third-order valence-corrected chi connectivity index (χ3v) is 4.30. The van der Waals surface area contributed by atoms with E-state index in [1.807, 2.05) is 25.9 Å². The van der Waals surface area contributed by atoms with E-state index in [0.29, 0.717) is 24.6 Å². The smallest absolute Gasteiger partial charge is 0.244 e. The molecule has 1 aromatic rings. The Kier molecular flexibility index (Phi) is 5.79. The fourth-order valence-corrected chi connectivity index (χ4v) is 2.90. The van der Waals surface area contributed by atoms with Crippen molar-refractivity contribution in [2.45, 2.75) is 11.8 Å². The molecule has 0 saturated heterocycles. The van der Waals surface area contributed by atoms with Crippen molar-refractivity contribution < 1.29 is 17.9 Å². The molecule has 1 N–H and O–H groups in total. The van der Waals surface area contributed by atoms with Gasteiger partial charge in [0.15, 0.2) is 0 Å². The van der Waals surface area contributed by atoms with Crippen LogP contribution in [-0.4, -0.2) is 54.7 Å². The van der Waals surface area contributed by atoms with Crippen LogP contribution in [0.2, 0.25) is 0 Å². The van der Waals surface area contributed by atoms with Crippen LogP contribution in [-0.2, 0) is 10.0 Å². The zero-order valence-electron chi connectivity index (χ0n) is 12.6. The van der Waals surface area contributed by atoms with E-state index in [1.54, 1.807) is 6.07 Å². The van der Waals surface area contributed by atoms with Crippen LogP contribution in [0.25, 0.3) is 0 Å². The average molecular weight is 302 g/mol. The molecule has 1 rings (SSSR count). The van der Waals surface area contributed by atoms with Crippen LogP contribution in [0, 0.1) is 6.92 Å². The minimum atomic E-state index is -3.63. The molecule has 0 aliphatic heterocycles. The first kappa shape index (κ1) is 16.7. The SMILES string of the molecule is COc1cc(S(=O)(=O)NCCN(C)C)c(OC)cc1C. The summed E-state index contributed by atoms with van der Waals surface area (Å²) in [5.41, 5.74) is 0.816. The molecule has 0 bridgehead atoms. The molecule has 0 aliphatic carbocycles. The van der Waals surface area contributed by atoms with Crippen molar-refractivity contribution in [2.75, 3.05) is 41.4 Å². The molecular formula is C13H22N2O4S. The molecule has 0 amide bonds. The van der Waals surface area contributed by atoms with Crippen molar-refractivity contribution in [1.82, 2.24) is 9.62 Å². The number of aryl methyl sites for hydroxylation is 1. The summed E-state index contributed by atoms with van der Waals surface area (Å²) < 4.78 is 37.5. The third-order valence-electron chi connectivity index (χ3n) is 2.82. The summed E-state index contributed by atoms with van der Waals surface area (Å²) in [4.78, 5) is 1.98. The van der Waals surface area contributed by atoms with Gasteiger partial charge in [0.25, 0.3) is 0 Å². The van der Waals surface area contributed by atoms with Gasteiger partial charge in [-0.25, -0.2) is 13.1 Å². The predicted molar refractivity (Wildman–Crippen MR) is 78.0 cm³/mol. The van der Waals surface area contributed by atoms with E-state index in [9.17, 15) is 8.42 Å². The van der Waals surface area contributed by atoms with E-state index >= 15 is 0 Å². The van der Waals surface area contributed by atoms with Crippen LogP contribution < -0.4 is 14.2 Å². The van der Waals surface area contributed by atoms with Crippen LogP contribution in [0.1, 0.15) is 5.56 Å². The quantitative estimate of drug-likeness (QED) is 0.809. The highest BCUT2D eigenvalue weighted by Crippen LogP contribution is 2.31. The molecule has 0 aromatic heterocycles. The van der Waals surface area contributed by atoms with Gasteiger partial charge in [-0.1, -0.05) is 0 Å². The Labute approximate surface area is 120 Å². The van der Waals surface area contributed by atoms with Gasteiger partial charge in [-0.2, -0.15) is 0 Å². The fraction of sp³-hybridized carbons (Fsp3) is 0.538. The molecule has 0 atom stereocenters. The number of nitrogens with zero attached hydrogens (tertiary/aromatic N) is 1. The zero-order valence-corrected chi connectivity index (χ0v) is 13.4. The second kappa shape index (κ2) is 6.92. The van der Waals surface area contributed by atoms with Gasteiger partial charge in [0.2, 0.25) is 10.0 Å². The molecule has 0 saturated carbocycles. The van der Waals surface area contributed by atoms with Gasteiger partial charge < -0.3 is 14.4 Å². The Bertz CT molecular complexity index is 556. The minimum absolute atomic E-state index is 0.0845. The zero-order chi connectivity index (χ0) is 15.3. The van der Waals surface area contributed by atoms with Crippen LogP contribution in [0.3, 0.4) is 0 Å². The van der Waals surface area contributed by atoms with Gasteiger partial charge in [-0.15, -0.1) is 0 Å². The second-order valence-corrected chi connectivity index (χ2v) is 6.41. The summed E-state index contributed by atoms with van der Waals surface area (Å²) in [6, 6.07) is 3.13. The van der Waals surface area contributed by atoms with E-state index in [2.05, 4.69) is 4.72 Å². The van der Waals surface area contributed by atoms with Gasteiger partial charge in [0, 0.05) is 19.2 Å². The van der Waals surface area contributed by atoms with Crippen LogP contribution >= 0.6 is 0 Å². The Morgan fingerprint density at radius 2 is 1.75 bits per heavy atom. The van der Waals surface area contributed by atoms with E-state index < -0.39 is 10.0 Å².